The molecule has 1 aliphatic heterocycles. The van der Waals surface area contributed by atoms with Crippen LogP contribution >= 0.6 is 0 Å². The standard InChI is InChI=1S/C23H33N3O2/c1-16-9-11-18(12-10-16)21-24-22(28-25-21)19-8-6-7-13-26(19)20(27)14-17(2)15-23(3,4)5/h9-12,17,19H,6-8,13-15H2,1-5H3/t17-,19-/m1/s1. The van der Waals surface area contributed by atoms with Crippen LogP contribution in [0.15, 0.2) is 28.8 Å². The average Bonchev–Trinajstić information content (AvgIpc) is 3.10. The number of hydrogen-bond donors (Lipinski definition) is 0. The molecule has 1 fully saturated rings. The number of aromatic nitrogens is 2. The summed E-state index contributed by atoms with van der Waals surface area (Å²) in [5, 5.41) is 4.17. The fourth-order valence-electron chi connectivity index (χ4n) is 4.21. The van der Waals surface area contributed by atoms with Gasteiger partial charge >= 0.3 is 0 Å². The van der Waals surface area contributed by atoms with Crippen molar-refractivity contribution in [3.8, 4) is 11.4 Å². The molecule has 5 heteroatoms. The summed E-state index contributed by atoms with van der Waals surface area (Å²) in [4.78, 5) is 19.6. The maximum absolute atomic E-state index is 13.0. The number of carbonyl (C=O) groups excluding carboxylic acids is 1. The van der Waals surface area contributed by atoms with E-state index in [0.717, 1.165) is 37.8 Å². The Bertz CT molecular complexity index is 789. The zero-order valence-electron chi connectivity index (χ0n) is 17.9. The largest absolute Gasteiger partial charge is 0.337 e. The highest BCUT2D eigenvalue weighted by molar-refractivity contribution is 5.77. The second-order valence-corrected chi connectivity index (χ2v) is 9.50. The van der Waals surface area contributed by atoms with E-state index in [1.807, 2.05) is 29.2 Å². The molecule has 1 aliphatic rings. The molecule has 0 N–H and O–H groups in total. The molecule has 0 bridgehead atoms. The molecule has 1 amide bonds. The van der Waals surface area contributed by atoms with E-state index in [2.05, 4.69) is 44.8 Å². The van der Waals surface area contributed by atoms with Crippen molar-refractivity contribution in [1.29, 1.82) is 0 Å². The third-order valence-corrected chi connectivity index (χ3v) is 5.34. The van der Waals surface area contributed by atoms with Crippen molar-refractivity contribution >= 4 is 5.91 Å². The zero-order chi connectivity index (χ0) is 20.3. The number of aryl methyl sites for hydroxylation is 1. The van der Waals surface area contributed by atoms with Gasteiger partial charge in [0, 0.05) is 18.5 Å². The average molecular weight is 384 g/mol. The molecule has 0 aliphatic carbocycles. The van der Waals surface area contributed by atoms with Crippen molar-refractivity contribution in [2.75, 3.05) is 6.54 Å². The van der Waals surface area contributed by atoms with E-state index in [1.165, 1.54) is 5.56 Å². The fraction of sp³-hybridized carbons (Fsp3) is 0.609. The van der Waals surface area contributed by atoms with Crippen LogP contribution in [0.4, 0.5) is 0 Å². The van der Waals surface area contributed by atoms with Gasteiger partial charge in [-0.1, -0.05) is 62.7 Å². The Hall–Kier alpha value is -2.17. The van der Waals surface area contributed by atoms with E-state index in [9.17, 15) is 4.79 Å². The van der Waals surface area contributed by atoms with Gasteiger partial charge in [0.25, 0.3) is 0 Å². The van der Waals surface area contributed by atoms with Gasteiger partial charge in [0.2, 0.25) is 17.6 Å². The van der Waals surface area contributed by atoms with Crippen LogP contribution in [0.2, 0.25) is 0 Å². The highest BCUT2D eigenvalue weighted by atomic mass is 16.5. The van der Waals surface area contributed by atoms with Gasteiger partial charge in [0.15, 0.2) is 0 Å². The Labute approximate surface area is 168 Å². The number of amides is 1. The van der Waals surface area contributed by atoms with Crippen LogP contribution in [-0.2, 0) is 4.79 Å². The summed E-state index contributed by atoms with van der Waals surface area (Å²) < 4.78 is 5.60. The minimum absolute atomic E-state index is 0.102. The van der Waals surface area contributed by atoms with Gasteiger partial charge in [-0.25, -0.2) is 0 Å². The summed E-state index contributed by atoms with van der Waals surface area (Å²) in [6.07, 6.45) is 4.61. The minimum Gasteiger partial charge on any atom is -0.337 e. The molecule has 1 aromatic heterocycles. The van der Waals surface area contributed by atoms with Gasteiger partial charge < -0.3 is 9.42 Å². The molecule has 152 valence electrons. The summed E-state index contributed by atoms with van der Waals surface area (Å²) in [5.74, 6) is 1.72. The summed E-state index contributed by atoms with van der Waals surface area (Å²) >= 11 is 0. The maximum atomic E-state index is 13.0. The van der Waals surface area contributed by atoms with E-state index in [-0.39, 0.29) is 17.4 Å². The Morgan fingerprint density at radius 3 is 2.64 bits per heavy atom. The van der Waals surface area contributed by atoms with Crippen LogP contribution in [0.25, 0.3) is 11.4 Å². The molecule has 2 heterocycles. The summed E-state index contributed by atoms with van der Waals surface area (Å²) in [7, 11) is 0. The van der Waals surface area contributed by atoms with Crippen LogP contribution in [0.1, 0.15) is 77.3 Å². The number of rotatable bonds is 5. The molecule has 0 saturated carbocycles. The molecule has 28 heavy (non-hydrogen) atoms. The van der Waals surface area contributed by atoms with E-state index in [1.54, 1.807) is 0 Å². The number of hydrogen-bond acceptors (Lipinski definition) is 4. The molecule has 0 unspecified atom stereocenters. The molecule has 1 saturated heterocycles. The number of carbonyl (C=O) groups is 1. The minimum atomic E-state index is -0.102. The Morgan fingerprint density at radius 1 is 1.25 bits per heavy atom. The van der Waals surface area contributed by atoms with Gasteiger partial charge in [-0.2, -0.15) is 4.98 Å². The predicted molar refractivity (Wildman–Crippen MR) is 111 cm³/mol. The second kappa shape index (κ2) is 8.46. The molecule has 3 rings (SSSR count). The van der Waals surface area contributed by atoms with Crippen LogP contribution < -0.4 is 0 Å². The normalized spacial score (nSPS) is 18.9. The molecular formula is C23H33N3O2. The molecule has 2 atom stereocenters. The Morgan fingerprint density at radius 2 is 1.96 bits per heavy atom. The summed E-state index contributed by atoms with van der Waals surface area (Å²) in [5.41, 5.74) is 2.37. The quantitative estimate of drug-likeness (QED) is 0.678. The summed E-state index contributed by atoms with van der Waals surface area (Å²) in [6, 6.07) is 7.98. The van der Waals surface area contributed by atoms with Gasteiger partial charge in [-0.15, -0.1) is 0 Å². The first kappa shape index (κ1) is 20.6. The monoisotopic (exact) mass is 383 g/mol. The van der Waals surface area contributed by atoms with Crippen molar-refractivity contribution in [2.45, 2.75) is 72.8 Å². The highest BCUT2D eigenvalue weighted by Gasteiger charge is 2.33. The smallest absolute Gasteiger partial charge is 0.249 e. The number of likely N-dealkylation sites (tertiary alicyclic amines) is 1. The lowest BCUT2D eigenvalue weighted by atomic mass is 9.84. The first-order valence-corrected chi connectivity index (χ1v) is 10.4. The SMILES string of the molecule is Cc1ccc(-c2noc([C@H]3CCCCN3C(=O)C[C@@H](C)CC(C)(C)C)n2)cc1. The van der Waals surface area contributed by atoms with Crippen LogP contribution in [-0.4, -0.2) is 27.5 Å². The van der Waals surface area contributed by atoms with Gasteiger partial charge in [-0.3, -0.25) is 4.79 Å². The predicted octanol–water partition coefficient (Wildman–Crippen LogP) is 5.56. The third-order valence-electron chi connectivity index (χ3n) is 5.34. The van der Waals surface area contributed by atoms with Crippen molar-refractivity contribution in [1.82, 2.24) is 15.0 Å². The molecule has 5 nitrogen and oxygen atoms in total. The van der Waals surface area contributed by atoms with Crippen molar-refractivity contribution in [3.05, 3.63) is 35.7 Å². The molecule has 1 aromatic carbocycles. The second-order valence-electron chi connectivity index (χ2n) is 9.50. The summed E-state index contributed by atoms with van der Waals surface area (Å²) in [6.45, 7) is 11.7. The van der Waals surface area contributed by atoms with E-state index in [0.29, 0.717) is 24.1 Å². The Kier molecular flexibility index (Phi) is 6.21. The van der Waals surface area contributed by atoms with E-state index >= 15 is 0 Å². The lowest BCUT2D eigenvalue weighted by Gasteiger charge is -2.34. The first-order chi connectivity index (χ1) is 13.2. The van der Waals surface area contributed by atoms with Crippen molar-refractivity contribution in [3.63, 3.8) is 0 Å². The maximum Gasteiger partial charge on any atom is 0.249 e. The van der Waals surface area contributed by atoms with Crippen LogP contribution in [0, 0.1) is 18.3 Å². The molecule has 0 radical (unpaired) electrons. The van der Waals surface area contributed by atoms with E-state index in [4.69, 9.17) is 4.52 Å². The Balaban J connectivity index is 1.73. The highest BCUT2D eigenvalue weighted by Crippen LogP contribution is 2.33. The topological polar surface area (TPSA) is 59.2 Å². The molecule has 0 spiro atoms. The third kappa shape index (κ3) is 5.21. The molecular weight excluding hydrogens is 350 g/mol. The van der Waals surface area contributed by atoms with Gasteiger partial charge in [0.1, 0.15) is 6.04 Å². The number of benzene rings is 1. The van der Waals surface area contributed by atoms with Crippen molar-refractivity contribution < 1.29 is 9.32 Å². The van der Waals surface area contributed by atoms with Crippen molar-refractivity contribution in [2.24, 2.45) is 11.3 Å². The fourth-order valence-corrected chi connectivity index (χ4v) is 4.21. The van der Waals surface area contributed by atoms with E-state index < -0.39 is 0 Å². The molecule has 2 aromatic rings. The van der Waals surface area contributed by atoms with Gasteiger partial charge in [0.05, 0.1) is 0 Å². The van der Waals surface area contributed by atoms with Gasteiger partial charge in [-0.05, 0) is 43.9 Å². The lowest BCUT2D eigenvalue weighted by molar-refractivity contribution is -0.136. The number of nitrogens with zero attached hydrogens (tertiary/aromatic N) is 3. The van der Waals surface area contributed by atoms with Crippen LogP contribution in [0.3, 0.4) is 0 Å². The lowest BCUT2D eigenvalue weighted by Crippen LogP contribution is -2.39. The first-order valence-electron chi connectivity index (χ1n) is 10.4. The number of piperidine rings is 1. The zero-order valence-corrected chi connectivity index (χ0v) is 17.9. The van der Waals surface area contributed by atoms with Crippen LogP contribution in [0.5, 0.6) is 0 Å².